The van der Waals surface area contributed by atoms with Crippen LogP contribution in [0.1, 0.15) is 40.5 Å². The molecule has 0 N–H and O–H groups in total. The molecule has 0 atom stereocenters. The van der Waals surface area contributed by atoms with Crippen molar-refractivity contribution in [3.8, 4) is 0 Å². The van der Waals surface area contributed by atoms with E-state index in [0.29, 0.717) is 0 Å². The van der Waals surface area contributed by atoms with Crippen molar-refractivity contribution in [3.63, 3.8) is 0 Å². The van der Waals surface area contributed by atoms with Crippen molar-refractivity contribution in [1.82, 2.24) is 0 Å². The Morgan fingerprint density at radius 1 is 0.800 bits per heavy atom. The quantitative estimate of drug-likeness (QED) is 0.509. The fraction of sp³-hybridized carbons (Fsp3) is 0.600. The van der Waals surface area contributed by atoms with Crippen LogP contribution in [0, 0.1) is 0 Å². The van der Waals surface area contributed by atoms with Gasteiger partial charge < -0.3 is 0 Å². The van der Waals surface area contributed by atoms with Crippen LogP contribution in [0.2, 0.25) is 0 Å². The van der Waals surface area contributed by atoms with Gasteiger partial charge in [0.1, 0.15) is 0 Å². The molecule has 0 rings (SSSR count). The third-order valence-corrected chi connectivity index (χ3v) is 0.996. The van der Waals surface area contributed by atoms with Gasteiger partial charge in [-0.1, -0.05) is 51.0 Å². The third-order valence-electron chi connectivity index (χ3n) is 0.996. The maximum atomic E-state index is 2.18. The minimum atomic E-state index is 1.32. The van der Waals surface area contributed by atoms with Gasteiger partial charge in [0, 0.05) is 0 Å². The van der Waals surface area contributed by atoms with Gasteiger partial charge in [0.25, 0.3) is 0 Å². The molecule has 0 amide bonds. The number of hydrogen-bond donors (Lipinski definition) is 0. The summed E-state index contributed by atoms with van der Waals surface area (Å²) in [7, 11) is 0. The Balaban J connectivity index is 0. The summed E-state index contributed by atoms with van der Waals surface area (Å²) in [6.07, 6.45) is 10.6. The van der Waals surface area contributed by atoms with Crippen molar-refractivity contribution in [2.24, 2.45) is 0 Å². The normalized spacial score (nSPS) is 10.0. The molecule has 10 heavy (non-hydrogen) atoms. The van der Waals surface area contributed by atoms with Crippen LogP contribution in [-0.4, -0.2) is 0 Å². The summed E-state index contributed by atoms with van der Waals surface area (Å²) in [5.41, 5.74) is 0. The number of hydrogen-bond acceptors (Lipinski definition) is 0. The van der Waals surface area contributed by atoms with E-state index in [9.17, 15) is 0 Å². The largest absolute Gasteiger partial charge is 0.0877 e. The Morgan fingerprint density at radius 3 is 1.20 bits per heavy atom. The molecular weight excluding hydrogens is 120 g/mol. The summed E-state index contributed by atoms with van der Waals surface area (Å²) in [4.78, 5) is 0. The van der Waals surface area contributed by atoms with Crippen LogP contribution in [0.5, 0.6) is 0 Å². The van der Waals surface area contributed by atoms with E-state index >= 15 is 0 Å². The summed E-state index contributed by atoms with van der Waals surface area (Å²) in [6, 6.07) is 0. The Morgan fingerprint density at radius 2 is 1.10 bits per heavy atom. The molecule has 0 aliphatic rings. The first-order chi connectivity index (χ1) is 4.83. The average Bonchev–Trinajstić information content (AvgIpc) is 2.01. The Kier molecular flexibility index (Phi) is 19.3. The summed E-state index contributed by atoms with van der Waals surface area (Å²) < 4.78 is 0. The highest BCUT2D eigenvalue weighted by Gasteiger charge is 1.56. The smallest absolute Gasteiger partial charge is 0.0467 e. The van der Waals surface area contributed by atoms with Gasteiger partial charge in [-0.25, -0.2) is 0 Å². The Hall–Kier alpha value is -0.520. The first kappa shape index (κ1) is 12.2. The van der Waals surface area contributed by atoms with Gasteiger partial charge >= 0.3 is 0 Å². The van der Waals surface area contributed by atoms with E-state index in [1.165, 1.54) is 12.8 Å². The van der Waals surface area contributed by atoms with Crippen LogP contribution >= 0.6 is 0 Å². The topological polar surface area (TPSA) is 0 Å². The van der Waals surface area contributed by atoms with Gasteiger partial charge in [0.05, 0.1) is 0 Å². The molecule has 0 aromatic heterocycles. The molecule has 0 aromatic rings. The minimum absolute atomic E-state index is 1.32. The zero-order valence-electron chi connectivity index (χ0n) is 7.72. The molecule has 60 valence electrons. The molecule has 0 aromatic carbocycles. The van der Waals surface area contributed by atoms with Crippen LogP contribution in [-0.2, 0) is 0 Å². The molecule has 0 nitrogen and oxygen atoms in total. The van der Waals surface area contributed by atoms with E-state index in [2.05, 4.69) is 13.8 Å². The lowest BCUT2D eigenvalue weighted by molar-refractivity contribution is 0.886. The first-order valence-electron chi connectivity index (χ1n) is 4.07. The number of allylic oxidation sites excluding steroid dienone is 4. The van der Waals surface area contributed by atoms with Crippen molar-refractivity contribution < 1.29 is 0 Å². The van der Waals surface area contributed by atoms with Crippen LogP contribution in [0.3, 0.4) is 0 Å². The molecule has 0 unspecified atom stereocenters. The van der Waals surface area contributed by atoms with Crippen molar-refractivity contribution in [2.45, 2.75) is 40.5 Å². The zero-order valence-corrected chi connectivity index (χ0v) is 7.72. The third kappa shape index (κ3) is 25.9. The summed E-state index contributed by atoms with van der Waals surface area (Å²) in [5, 5.41) is 0. The van der Waals surface area contributed by atoms with E-state index in [4.69, 9.17) is 0 Å². The van der Waals surface area contributed by atoms with Crippen LogP contribution < -0.4 is 0 Å². The van der Waals surface area contributed by atoms with Gasteiger partial charge in [-0.3, -0.25) is 0 Å². The number of unbranched alkanes of at least 4 members (excludes halogenated alkanes) is 1. The molecule has 0 saturated heterocycles. The molecule has 0 heterocycles. The molecule has 0 saturated carbocycles. The monoisotopic (exact) mass is 140 g/mol. The highest BCUT2D eigenvalue weighted by Crippen LogP contribution is 1.76. The first-order valence-corrected chi connectivity index (χ1v) is 4.07. The van der Waals surface area contributed by atoms with E-state index < -0.39 is 0 Å². The molecule has 0 fully saturated rings. The second kappa shape index (κ2) is 15.8. The molecule has 0 heteroatoms. The zero-order chi connectivity index (χ0) is 8.24. The standard InChI is InChI=1S/C6H10.C4H10/c1-3-5-6-4-2;1-3-4-2/h3-6H,1-2H3;3-4H2,1-2H3/b5-3+,6-4+;. The summed E-state index contributed by atoms with van der Waals surface area (Å²) in [6.45, 7) is 8.36. The second-order valence-electron chi connectivity index (χ2n) is 2.05. The second-order valence-corrected chi connectivity index (χ2v) is 2.05. The predicted octanol–water partition coefficient (Wildman–Crippen LogP) is 3.95. The summed E-state index contributed by atoms with van der Waals surface area (Å²) >= 11 is 0. The van der Waals surface area contributed by atoms with Crippen molar-refractivity contribution >= 4 is 0 Å². The maximum Gasteiger partial charge on any atom is -0.0467 e. The van der Waals surface area contributed by atoms with Gasteiger partial charge in [0.2, 0.25) is 0 Å². The average molecular weight is 140 g/mol. The Bertz CT molecular complexity index is 66.0. The van der Waals surface area contributed by atoms with Crippen molar-refractivity contribution in [2.75, 3.05) is 0 Å². The number of rotatable bonds is 2. The highest BCUT2D eigenvalue weighted by atomic mass is 13.6. The van der Waals surface area contributed by atoms with Gasteiger partial charge in [0.15, 0.2) is 0 Å². The SMILES string of the molecule is C/C=C/C=C/C.CCCC. The van der Waals surface area contributed by atoms with Gasteiger partial charge in [-0.15, -0.1) is 0 Å². The van der Waals surface area contributed by atoms with Crippen molar-refractivity contribution in [3.05, 3.63) is 24.3 Å². The molecule has 0 aliphatic heterocycles. The van der Waals surface area contributed by atoms with Crippen LogP contribution in [0.25, 0.3) is 0 Å². The van der Waals surface area contributed by atoms with E-state index in [-0.39, 0.29) is 0 Å². The van der Waals surface area contributed by atoms with Gasteiger partial charge in [-0.2, -0.15) is 0 Å². The highest BCUT2D eigenvalue weighted by molar-refractivity contribution is 4.98. The Labute approximate surface area is 65.7 Å². The molecule has 0 bridgehead atoms. The molecule has 0 aliphatic carbocycles. The summed E-state index contributed by atoms with van der Waals surface area (Å²) in [5.74, 6) is 0. The predicted molar refractivity (Wildman–Crippen MR) is 50.2 cm³/mol. The maximum absolute atomic E-state index is 2.18. The lowest BCUT2D eigenvalue weighted by Crippen LogP contribution is -1.47. The molecular formula is C10H20. The van der Waals surface area contributed by atoms with Gasteiger partial charge in [-0.05, 0) is 13.8 Å². The van der Waals surface area contributed by atoms with E-state index in [1.807, 2.05) is 38.2 Å². The van der Waals surface area contributed by atoms with E-state index in [1.54, 1.807) is 0 Å². The van der Waals surface area contributed by atoms with Crippen molar-refractivity contribution in [1.29, 1.82) is 0 Å². The molecule has 0 radical (unpaired) electrons. The fourth-order valence-electron chi connectivity index (χ4n) is 0.222. The lowest BCUT2D eigenvalue weighted by Gasteiger charge is -1.68. The van der Waals surface area contributed by atoms with E-state index in [0.717, 1.165) is 0 Å². The fourth-order valence-corrected chi connectivity index (χ4v) is 0.222. The van der Waals surface area contributed by atoms with Crippen LogP contribution in [0.15, 0.2) is 24.3 Å². The minimum Gasteiger partial charge on any atom is -0.0877 e. The molecule has 0 spiro atoms. The van der Waals surface area contributed by atoms with Crippen LogP contribution in [0.4, 0.5) is 0 Å². The lowest BCUT2D eigenvalue weighted by atomic mass is 10.4.